The van der Waals surface area contributed by atoms with E-state index in [1.807, 2.05) is 0 Å². The second-order valence-corrected chi connectivity index (χ2v) is 9.01. The van der Waals surface area contributed by atoms with Gasteiger partial charge in [-0.2, -0.15) is 4.31 Å². The lowest BCUT2D eigenvalue weighted by Crippen LogP contribution is -2.36. The molecule has 0 atom stereocenters. The van der Waals surface area contributed by atoms with Crippen LogP contribution in [0.3, 0.4) is 0 Å². The van der Waals surface area contributed by atoms with Crippen LogP contribution in [-0.2, 0) is 10.0 Å². The van der Waals surface area contributed by atoms with Crippen molar-refractivity contribution < 1.29 is 18.1 Å². The highest BCUT2D eigenvalue weighted by Crippen LogP contribution is 2.27. The smallest absolute Gasteiger partial charge is 0.274 e. The van der Waals surface area contributed by atoms with Crippen LogP contribution in [0.4, 0.5) is 11.4 Å². The summed E-state index contributed by atoms with van der Waals surface area (Å²) in [6, 6.07) is 8.95. The summed E-state index contributed by atoms with van der Waals surface area (Å²) in [4.78, 5) is 23.4. The first kappa shape index (κ1) is 20.9. The number of nitrogens with one attached hydrogen (secondary N) is 1. The molecule has 0 aromatic heterocycles. The Morgan fingerprint density at radius 3 is 2.45 bits per heavy atom. The van der Waals surface area contributed by atoms with Crippen molar-refractivity contribution in [2.24, 2.45) is 0 Å². The number of nitro groups is 1. The van der Waals surface area contributed by atoms with Gasteiger partial charge < -0.3 is 5.32 Å². The lowest BCUT2D eigenvalue weighted by atomic mass is 10.1. The molecule has 2 aromatic rings. The molecule has 29 heavy (non-hydrogen) atoms. The highest BCUT2D eigenvalue weighted by atomic mass is 32.2. The maximum Gasteiger partial charge on any atom is 0.274 e. The summed E-state index contributed by atoms with van der Waals surface area (Å²) < 4.78 is 27.5. The minimum Gasteiger partial charge on any atom is -0.321 e. The summed E-state index contributed by atoms with van der Waals surface area (Å²) in [5.41, 5.74) is 1.29. The quantitative estimate of drug-likeness (QED) is 0.590. The zero-order valence-electron chi connectivity index (χ0n) is 16.3. The predicted octanol–water partition coefficient (Wildman–Crippen LogP) is 3.64. The number of piperidine rings is 1. The van der Waals surface area contributed by atoms with Gasteiger partial charge in [0.05, 0.1) is 21.1 Å². The van der Waals surface area contributed by atoms with Gasteiger partial charge in [-0.3, -0.25) is 14.9 Å². The molecule has 3 rings (SSSR count). The first-order valence-corrected chi connectivity index (χ1v) is 10.8. The lowest BCUT2D eigenvalue weighted by Gasteiger charge is -2.26. The number of nitrogens with zero attached hydrogens (tertiary/aromatic N) is 2. The molecular formula is C20H23N3O5S. The van der Waals surface area contributed by atoms with E-state index in [9.17, 15) is 23.3 Å². The molecule has 1 aliphatic heterocycles. The standard InChI is InChI=1S/C20H23N3O5S/c1-14-9-10-16(13-19(14)29(27,28)22-11-4-3-5-12-22)20(24)21-17-7-6-8-18(15(17)2)23(25)26/h6-10,13H,3-5,11-12H2,1-2H3,(H,21,24). The minimum absolute atomic E-state index is 0.0972. The fourth-order valence-corrected chi connectivity index (χ4v) is 5.18. The average molecular weight is 417 g/mol. The van der Waals surface area contributed by atoms with E-state index >= 15 is 0 Å². The summed E-state index contributed by atoms with van der Waals surface area (Å²) in [5.74, 6) is -0.524. The summed E-state index contributed by atoms with van der Waals surface area (Å²) in [6.07, 6.45) is 2.66. The second-order valence-electron chi connectivity index (χ2n) is 7.11. The van der Waals surface area contributed by atoms with Gasteiger partial charge in [0.15, 0.2) is 0 Å². The van der Waals surface area contributed by atoms with E-state index in [4.69, 9.17) is 0 Å². The molecule has 2 aromatic carbocycles. The van der Waals surface area contributed by atoms with Crippen molar-refractivity contribution in [1.29, 1.82) is 0 Å². The van der Waals surface area contributed by atoms with E-state index in [2.05, 4.69) is 5.32 Å². The van der Waals surface area contributed by atoms with Gasteiger partial charge in [0.1, 0.15) is 0 Å². The third kappa shape index (κ3) is 4.30. The first-order chi connectivity index (χ1) is 13.7. The van der Waals surface area contributed by atoms with Crippen LogP contribution in [0.25, 0.3) is 0 Å². The third-order valence-corrected chi connectivity index (χ3v) is 7.17. The molecule has 0 bridgehead atoms. The Morgan fingerprint density at radius 2 is 1.79 bits per heavy atom. The fraction of sp³-hybridized carbons (Fsp3) is 0.350. The topological polar surface area (TPSA) is 110 Å². The van der Waals surface area contributed by atoms with Crippen molar-refractivity contribution in [2.75, 3.05) is 18.4 Å². The Labute approximate surface area is 169 Å². The maximum absolute atomic E-state index is 13.0. The number of carbonyl (C=O) groups excluding carboxylic acids is 1. The van der Waals surface area contributed by atoms with Crippen molar-refractivity contribution in [3.8, 4) is 0 Å². The van der Waals surface area contributed by atoms with Crippen LogP contribution >= 0.6 is 0 Å². The van der Waals surface area contributed by atoms with E-state index in [0.29, 0.717) is 29.9 Å². The highest BCUT2D eigenvalue weighted by molar-refractivity contribution is 7.89. The SMILES string of the molecule is Cc1ccc(C(=O)Nc2cccc([N+](=O)[O-])c2C)cc1S(=O)(=O)N1CCCCC1. The zero-order chi connectivity index (χ0) is 21.2. The largest absolute Gasteiger partial charge is 0.321 e. The summed E-state index contributed by atoms with van der Waals surface area (Å²) in [7, 11) is -3.68. The molecular weight excluding hydrogens is 394 g/mol. The molecule has 1 amide bonds. The molecule has 0 saturated carbocycles. The van der Waals surface area contributed by atoms with Gasteiger partial charge in [-0.15, -0.1) is 0 Å². The number of hydrogen-bond acceptors (Lipinski definition) is 5. The fourth-order valence-electron chi connectivity index (χ4n) is 3.41. The Bertz CT molecular complexity index is 1060. The molecule has 0 radical (unpaired) electrons. The van der Waals surface area contributed by atoms with Gasteiger partial charge in [-0.1, -0.05) is 18.6 Å². The zero-order valence-corrected chi connectivity index (χ0v) is 17.2. The maximum atomic E-state index is 13.0. The Morgan fingerprint density at radius 1 is 1.10 bits per heavy atom. The number of carbonyl (C=O) groups is 1. The number of benzene rings is 2. The number of rotatable bonds is 5. The van der Waals surface area contributed by atoms with Crippen LogP contribution in [0.1, 0.15) is 40.7 Å². The molecule has 1 fully saturated rings. The number of aryl methyl sites for hydroxylation is 1. The van der Waals surface area contributed by atoms with Gasteiger partial charge in [-0.25, -0.2) is 8.42 Å². The first-order valence-electron chi connectivity index (χ1n) is 9.38. The van der Waals surface area contributed by atoms with Gasteiger partial charge in [0.2, 0.25) is 10.0 Å². The van der Waals surface area contributed by atoms with Gasteiger partial charge in [0, 0.05) is 24.7 Å². The van der Waals surface area contributed by atoms with Gasteiger partial charge >= 0.3 is 0 Å². The van der Waals surface area contributed by atoms with Crippen molar-refractivity contribution in [3.05, 3.63) is 63.2 Å². The van der Waals surface area contributed by atoms with Crippen LogP contribution in [0.2, 0.25) is 0 Å². The van der Waals surface area contributed by atoms with Crippen LogP contribution in [0.15, 0.2) is 41.3 Å². The van der Waals surface area contributed by atoms with Crippen molar-refractivity contribution in [3.63, 3.8) is 0 Å². The van der Waals surface area contributed by atoms with Gasteiger partial charge in [-0.05, 0) is 50.5 Å². The lowest BCUT2D eigenvalue weighted by molar-refractivity contribution is -0.385. The van der Waals surface area contributed by atoms with Crippen molar-refractivity contribution >= 4 is 27.3 Å². The molecule has 1 saturated heterocycles. The second kappa shape index (κ2) is 8.30. The molecule has 9 heteroatoms. The summed E-state index contributed by atoms with van der Waals surface area (Å²) >= 11 is 0. The normalized spacial score (nSPS) is 15.1. The van der Waals surface area contributed by atoms with Crippen LogP contribution in [-0.4, -0.2) is 36.6 Å². The monoisotopic (exact) mass is 417 g/mol. The van der Waals surface area contributed by atoms with Crippen molar-refractivity contribution in [1.82, 2.24) is 4.31 Å². The number of hydrogen-bond donors (Lipinski definition) is 1. The van der Waals surface area contributed by atoms with Crippen LogP contribution in [0.5, 0.6) is 0 Å². The van der Waals surface area contributed by atoms with E-state index in [-0.39, 0.29) is 16.1 Å². The summed E-state index contributed by atoms with van der Waals surface area (Å²) in [5, 5.41) is 13.7. The van der Waals surface area contributed by atoms with E-state index in [1.54, 1.807) is 32.0 Å². The molecule has 154 valence electrons. The van der Waals surface area contributed by atoms with Crippen LogP contribution in [0, 0.1) is 24.0 Å². The van der Waals surface area contributed by atoms with E-state index in [0.717, 1.165) is 19.3 Å². The van der Waals surface area contributed by atoms with Gasteiger partial charge in [0.25, 0.3) is 11.6 Å². The minimum atomic E-state index is -3.68. The van der Waals surface area contributed by atoms with E-state index < -0.39 is 20.9 Å². The molecule has 1 N–H and O–H groups in total. The van der Waals surface area contributed by atoms with Crippen LogP contribution < -0.4 is 5.32 Å². The average Bonchev–Trinajstić information content (AvgIpc) is 2.70. The molecule has 0 unspecified atom stereocenters. The molecule has 8 nitrogen and oxygen atoms in total. The predicted molar refractivity (Wildman–Crippen MR) is 110 cm³/mol. The van der Waals surface area contributed by atoms with E-state index in [1.165, 1.54) is 22.5 Å². The summed E-state index contributed by atoms with van der Waals surface area (Å²) in [6.45, 7) is 4.20. The Hall–Kier alpha value is -2.78. The molecule has 1 heterocycles. The molecule has 1 aliphatic rings. The number of anilines is 1. The molecule has 0 spiro atoms. The Balaban J connectivity index is 1.91. The number of sulfonamides is 1. The highest BCUT2D eigenvalue weighted by Gasteiger charge is 2.28. The Kier molecular flexibility index (Phi) is 5.99. The molecule has 0 aliphatic carbocycles. The van der Waals surface area contributed by atoms with Crippen molar-refractivity contribution in [2.45, 2.75) is 38.0 Å². The number of amides is 1. The number of nitro benzene ring substituents is 1. The third-order valence-electron chi connectivity index (χ3n) is 5.13.